The molecule has 0 heterocycles. The smallest absolute Gasteiger partial charge is 0.0328 e. The van der Waals surface area contributed by atoms with E-state index in [0.717, 1.165) is 19.6 Å². The highest BCUT2D eigenvalue weighted by atomic mass is 15.5. The lowest BCUT2D eigenvalue weighted by Crippen LogP contribution is -2.31. The van der Waals surface area contributed by atoms with Crippen LogP contribution < -0.4 is 5.43 Å². The molecule has 0 amide bonds. The van der Waals surface area contributed by atoms with Crippen LogP contribution in [0.1, 0.15) is 6.92 Å². The molecule has 0 rings (SSSR count). The van der Waals surface area contributed by atoms with E-state index < -0.39 is 0 Å². The van der Waals surface area contributed by atoms with Crippen molar-refractivity contribution < 1.29 is 0 Å². The maximum Gasteiger partial charge on any atom is 0.0328 e. The Hall–Kier alpha value is -0.600. The van der Waals surface area contributed by atoms with Gasteiger partial charge in [0.25, 0.3) is 0 Å². The Kier molecular flexibility index (Phi) is 6.13. The van der Waals surface area contributed by atoms with Crippen LogP contribution in [0.2, 0.25) is 0 Å². The Balaban J connectivity index is 3.48. The molecule has 0 fully saturated rings. The topological polar surface area (TPSA) is 17.3 Å². The summed E-state index contributed by atoms with van der Waals surface area (Å²) in [6.45, 7) is 11.7. The Bertz CT molecular complexity index is 89.4. The normalized spacial score (nSPS) is 9.80. The van der Waals surface area contributed by atoms with E-state index in [4.69, 9.17) is 0 Å². The van der Waals surface area contributed by atoms with E-state index in [1.807, 2.05) is 24.1 Å². The van der Waals surface area contributed by atoms with Gasteiger partial charge >= 0.3 is 0 Å². The fourth-order valence-electron chi connectivity index (χ4n) is 0.688. The van der Waals surface area contributed by atoms with Gasteiger partial charge in [-0.05, 0) is 6.92 Å². The van der Waals surface area contributed by atoms with Crippen molar-refractivity contribution in [3.8, 4) is 0 Å². The first-order valence-corrected chi connectivity index (χ1v) is 3.49. The average Bonchev–Trinajstić information content (AvgIpc) is 1.90. The van der Waals surface area contributed by atoms with Gasteiger partial charge < -0.3 is 0 Å². The Morgan fingerprint density at radius 1 is 1.30 bits per heavy atom. The SMILES string of the molecule is C=CCN(CC=C)[N]CC. The van der Waals surface area contributed by atoms with Crippen LogP contribution in [0.25, 0.3) is 0 Å². The third kappa shape index (κ3) is 4.30. The summed E-state index contributed by atoms with van der Waals surface area (Å²) in [4.78, 5) is 0. The second kappa shape index (κ2) is 6.52. The summed E-state index contributed by atoms with van der Waals surface area (Å²) in [5.41, 5.74) is 4.19. The standard InChI is InChI=1S/C8H15N2/c1-4-7-10(8-5-2)9-6-3/h4-5H,1-2,6-8H2,3H3. The van der Waals surface area contributed by atoms with Crippen molar-refractivity contribution >= 4 is 0 Å². The van der Waals surface area contributed by atoms with E-state index in [0.29, 0.717) is 0 Å². The van der Waals surface area contributed by atoms with Crippen LogP contribution in [0.4, 0.5) is 0 Å². The lowest BCUT2D eigenvalue weighted by atomic mass is 10.5. The van der Waals surface area contributed by atoms with E-state index in [1.165, 1.54) is 0 Å². The number of nitrogens with zero attached hydrogens (tertiary/aromatic N) is 2. The molecule has 10 heavy (non-hydrogen) atoms. The lowest BCUT2D eigenvalue weighted by Gasteiger charge is -2.15. The maximum atomic E-state index is 4.19. The number of hydrogen-bond donors (Lipinski definition) is 0. The fourth-order valence-corrected chi connectivity index (χ4v) is 0.688. The Morgan fingerprint density at radius 3 is 2.10 bits per heavy atom. The average molecular weight is 139 g/mol. The minimum Gasteiger partial charge on any atom is -0.219 e. The van der Waals surface area contributed by atoms with Crippen molar-refractivity contribution in [3.63, 3.8) is 0 Å². The minimum absolute atomic E-state index is 0.805. The highest BCUT2D eigenvalue weighted by Gasteiger charge is 1.96. The van der Waals surface area contributed by atoms with Crippen molar-refractivity contribution in [2.24, 2.45) is 0 Å². The third-order valence-corrected chi connectivity index (χ3v) is 1.02. The van der Waals surface area contributed by atoms with Gasteiger partial charge in [-0.15, -0.1) is 13.2 Å². The highest BCUT2D eigenvalue weighted by molar-refractivity contribution is 4.77. The second-order valence-corrected chi connectivity index (χ2v) is 1.91. The van der Waals surface area contributed by atoms with Crippen molar-refractivity contribution in [1.82, 2.24) is 10.4 Å². The second-order valence-electron chi connectivity index (χ2n) is 1.91. The first-order valence-electron chi connectivity index (χ1n) is 3.49. The zero-order valence-corrected chi connectivity index (χ0v) is 6.58. The molecule has 0 aliphatic carbocycles. The number of rotatable bonds is 6. The summed E-state index contributed by atoms with van der Waals surface area (Å²) in [6, 6.07) is 0. The molecule has 0 saturated heterocycles. The molecule has 0 aromatic heterocycles. The number of hydrogen-bond acceptors (Lipinski definition) is 1. The van der Waals surface area contributed by atoms with E-state index in [-0.39, 0.29) is 0 Å². The van der Waals surface area contributed by atoms with Crippen LogP contribution in [0.3, 0.4) is 0 Å². The van der Waals surface area contributed by atoms with Gasteiger partial charge in [0.15, 0.2) is 0 Å². The lowest BCUT2D eigenvalue weighted by molar-refractivity contribution is 0.231. The largest absolute Gasteiger partial charge is 0.219 e. The maximum absolute atomic E-state index is 4.19. The first-order chi connectivity index (χ1) is 4.85. The van der Waals surface area contributed by atoms with Gasteiger partial charge in [-0.3, -0.25) is 0 Å². The Morgan fingerprint density at radius 2 is 1.80 bits per heavy atom. The molecule has 2 nitrogen and oxygen atoms in total. The summed E-state index contributed by atoms with van der Waals surface area (Å²) in [5.74, 6) is 0. The van der Waals surface area contributed by atoms with E-state index in [2.05, 4.69) is 18.6 Å². The molecular weight excluding hydrogens is 124 g/mol. The van der Waals surface area contributed by atoms with E-state index in [9.17, 15) is 0 Å². The summed E-state index contributed by atoms with van der Waals surface area (Å²) >= 11 is 0. The van der Waals surface area contributed by atoms with Gasteiger partial charge in [0.05, 0.1) is 0 Å². The molecule has 0 atom stereocenters. The first kappa shape index (κ1) is 9.40. The predicted octanol–water partition coefficient (Wildman–Crippen LogP) is 1.20. The Labute approximate surface area is 63.2 Å². The van der Waals surface area contributed by atoms with Gasteiger partial charge in [-0.2, -0.15) is 5.43 Å². The quantitative estimate of drug-likeness (QED) is 0.399. The van der Waals surface area contributed by atoms with Crippen molar-refractivity contribution in [2.45, 2.75) is 6.92 Å². The molecule has 0 N–H and O–H groups in total. The molecule has 0 spiro atoms. The summed E-state index contributed by atoms with van der Waals surface area (Å²) in [6.07, 6.45) is 3.67. The van der Waals surface area contributed by atoms with Crippen LogP contribution in [-0.4, -0.2) is 24.6 Å². The molecule has 0 saturated carbocycles. The summed E-state index contributed by atoms with van der Waals surface area (Å²) in [7, 11) is 0. The van der Waals surface area contributed by atoms with Gasteiger partial charge in [-0.25, -0.2) is 5.01 Å². The van der Waals surface area contributed by atoms with Crippen LogP contribution in [0, 0.1) is 0 Å². The summed E-state index contributed by atoms with van der Waals surface area (Å²) in [5, 5.41) is 1.93. The molecule has 0 aromatic carbocycles. The van der Waals surface area contributed by atoms with Gasteiger partial charge in [-0.1, -0.05) is 12.2 Å². The van der Waals surface area contributed by atoms with Crippen molar-refractivity contribution in [1.29, 1.82) is 0 Å². The minimum atomic E-state index is 0.805. The van der Waals surface area contributed by atoms with Gasteiger partial charge in [0, 0.05) is 19.6 Å². The molecule has 0 bridgehead atoms. The molecule has 0 aliphatic rings. The monoisotopic (exact) mass is 139 g/mol. The van der Waals surface area contributed by atoms with Crippen LogP contribution >= 0.6 is 0 Å². The fraction of sp³-hybridized carbons (Fsp3) is 0.500. The van der Waals surface area contributed by atoms with E-state index in [1.54, 1.807) is 0 Å². The van der Waals surface area contributed by atoms with Gasteiger partial charge in [0.2, 0.25) is 0 Å². The van der Waals surface area contributed by atoms with Crippen LogP contribution in [-0.2, 0) is 0 Å². The predicted molar refractivity (Wildman–Crippen MR) is 44.6 cm³/mol. The van der Waals surface area contributed by atoms with Crippen LogP contribution in [0.15, 0.2) is 25.3 Å². The molecular formula is C8H15N2. The summed E-state index contributed by atoms with van der Waals surface area (Å²) < 4.78 is 0. The highest BCUT2D eigenvalue weighted by Crippen LogP contribution is 1.84. The molecule has 0 aromatic rings. The van der Waals surface area contributed by atoms with E-state index >= 15 is 0 Å². The zero-order chi connectivity index (χ0) is 7.82. The van der Waals surface area contributed by atoms with Crippen LogP contribution in [0.5, 0.6) is 0 Å². The molecule has 1 radical (unpaired) electrons. The zero-order valence-electron chi connectivity index (χ0n) is 6.58. The third-order valence-electron chi connectivity index (χ3n) is 1.02. The van der Waals surface area contributed by atoms with Crippen molar-refractivity contribution in [3.05, 3.63) is 25.3 Å². The molecule has 0 unspecified atom stereocenters. The molecule has 2 heteroatoms. The molecule has 57 valence electrons. The van der Waals surface area contributed by atoms with Gasteiger partial charge in [0.1, 0.15) is 0 Å². The van der Waals surface area contributed by atoms with Crippen molar-refractivity contribution in [2.75, 3.05) is 19.6 Å². The molecule has 0 aliphatic heterocycles.